The van der Waals surface area contributed by atoms with Crippen LogP contribution in [0.4, 0.5) is 0 Å². The van der Waals surface area contributed by atoms with E-state index in [-0.39, 0.29) is 6.42 Å². The molecule has 0 spiro atoms. The van der Waals surface area contributed by atoms with Crippen LogP contribution in [0.1, 0.15) is 12.6 Å². The lowest BCUT2D eigenvalue weighted by molar-refractivity contribution is 0.0206. The number of phosphoric ester groups is 1. The lowest BCUT2D eigenvalue weighted by Crippen LogP contribution is -2.31. The summed E-state index contributed by atoms with van der Waals surface area (Å²) < 4.78 is 36.8. The van der Waals surface area contributed by atoms with Crippen LogP contribution in [0, 0.1) is 0 Å². The summed E-state index contributed by atoms with van der Waals surface area (Å²) in [4.78, 5) is 60.4. The van der Waals surface area contributed by atoms with Gasteiger partial charge in [-0.15, -0.1) is 0 Å². The van der Waals surface area contributed by atoms with E-state index >= 15 is 0 Å². The molecule has 0 aromatic carbocycles. The Labute approximate surface area is 134 Å². The highest BCUT2D eigenvalue weighted by atomic mass is 31.3. The van der Waals surface area contributed by atoms with Crippen LogP contribution in [-0.4, -0.2) is 41.1 Å². The molecular weight excluding hydrogens is 393 g/mol. The summed E-state index contributed by atoms with van der Waals surface area (Å²) in [5.74, 6) is -1.14. The molecule has 1 aliphatic rings. The Morgan fingerprint density at radius 1 is 1.33 bits per heavy atom. The fourth-order valence-corrected chi connectivity index (χ4v) is 4.48. The number of H-pyrrole nitrogens is 1. The normalized spacial score (nSPS) is 27.6. The summed E-state index contributed by atoms with van der Waals surface area (Å²) >= 11 is 0. The molecule has 1 saturated heterocycles. The predicted octanol–water partition coefficient (Wildman–Crippen LogP) is -1.04. The predicted molar refractivity (Wildman–Crippen MR) is 78.2 cm³/mol. The van der Waals surface area contributed by atoms with Crippen molar-refractivity contribution in [3.63, 3.8) is 0 Å². The molecule has 2 unspecified atom stereocenters. The number of nitrogens with zero attached hydrogens (tertiary/aromatic N) is 1. The number of phosphoric acid groups is 2. The Bertz CT molecular complexity index is 799. The van der Waals surface area contributed by atoms with E-state index in [0.29, 0.717) is 0 Å². The molecule has 0 saturated carbocycles. The molecular formula is C8H13N2O11P3. The van der Waals surface area contributed by atoms with Crippen LogP contribution in [-0.2, 0) is 22.7 Å². The first-order valence-corrected chi connectivity index (χ1v) is 10.2. The zero-order chi connectivity index (χ0) is 18.1. The Morgan fingerprint density at radius 3 is 2.54 bits per heavy atom. The monoisotopic (exact) mass is 406 g/mol. The third kappa shape index (κ3) is 5.14. The third-order valence-corrected chi connectivity index (χ3v) is 5.82. The molecule has 5 atom stereocenters. The largest absolute Gasteiger partial charge is 0.481 e. The first-order chi connectivity index (χ1) is 11.0. The molecule has 2 rings (SSSR count). The number of aromatic nitrogens is 2. The van der Waals surface area contributed by atoms with Gasteiger partial charge in [0.2, 0.25) is 0 Å². The highest BCUT2D eigenvalue weighted by molar-refractivity contribution is 7.60. The number of rotatable bonds is 6. The maximum atomic E-state index is 11.7. The van der Waals surface area contributed by atoms with Gasteiger partial charge in [-0.05, 0) is 0 Å². The Morgan fingerprint density at radius 2 is 2.00 bits per heavy atom. The van der Waals surface area contributed by atoms with E-state index in [2.05, 4.69) is 8.83 Å². The second-order valence-corrected chi connectivity index (χ2v) is 8.19. The van der Waals surface area contributed by atoms with E-state index in [1.54, 1.807) is 0 Å². The summed E-state index contributed by atoms with van der Waals surface area (Å²) in [5, 5.41) is 0. The summed E-state index contributed by atoms with van der Waals surface area (Å²) in [6.45, 7) is 0. The van der Waals surface area contributed by atoms with Gasteiger partial charge in [-0.3, -0.25) is 18.9 Å². The first kappa shape index (κ1) is 19.6. The second-order valence-electron chi connectivity index (χ2n) is 4.58. The van der Waals surface area contributed by atoms with E-state index in [9.17, 15) is 28.5 Å². The molecule has 1 aromatic heterocycles. The lowest BCUT2D eigenvalue weighted by Gasteiger charge is -2.19. The van der Waals surface area contributed by atoms with Gasteiger partial charge >= 0.3 is 21.3 Å². The van der Waals surface area contributed by atoms with Gasteiger partial charge in [0.05, 0.1) is 0 Å². The first-order valence-electron chi connectivity index (χ1n) is 6.15. The molecule has 0 bridgehead atoms. The van der Waals surface area contributed by atoms with Crippen molar-refractivity contribution in [3.05, 3.63) is 33.1 Å². The summed E-state index contributed by atoms with van der Waals surface area (Å²) in [6, 6.07) is 1.04. The van der Waals surface area contributed by atoms with Crippen molar-refractivity contribution in [2.24, 2.45) is 0 Å². The average Bonchev–Trinajstić information content (AvgIpc) is 2.77. The minimum atomic E-state index is -5.29. The van der Waals surface area contributed by atoms with Gasteiger partial charge in [0.25, 0.3) is 5.56 Å². The maximum Gasteiger partial charge on any atom is 0.481 e. The van der Waals surface area contributed by atoms with Gasteiger partial charge in [0.1, 0.15) is 18.2 Å². The van der Waals surface area contributed by atoms with E-state index < -0.39 is 53.9 Å². The molecule has 13 nitrogen and oxygen atoms in total. The van der Waals surface area contributed by atoms with E-state index in [0.717, 1.165) is 16.8 Å². The standard InChI is InChI=1S/C8H13N2O11P3/c11-5-1-2-10(8(12)9-5)6-3-4(7(19-6)22-13)20-24(17,18)21-23(14,15)16/h1-2,4,6-7,13,22H,3H2,(H,17,18)(H,9,11,12)(H2,14,15,16)/t4-,6+,7+/m0/s1. The molecule has 16 heteroatoms. The van der Waals surface area contributed by atoms with Crippen LogP contribution in [0.5, 0.6) is 0 Å². The van der Waals surface area contributed by atoms with Gasteiger partial charge < -0.3 is 24.3 Å². The van der Waals surface area contributed by atoms with Crippen LogP contribution >= 0.6 is 24.5 Å². The van der Waals surface area contributed by atoms with Crippen molar-refractivity contribution in [1.29, 1.82) is 0 Å². The van der Waals surface area contributed by atoms with Crippen LogP contribution in [0.25, 0.3) is 0 Å². The third-order valence-electron chi connectivity index (χ3n) is 2.84. The van der Waals surface area contributed by atoms with Crippen molar-refractivity contribution in [2.75, 3.05) is 0 Å². The molecule has 5 N–H and O–H groups in total. The maximum absolute atomic E-state index is 11.7. The number of nitrogens with one attached hydrogen (secondary N) is 1. The number of aromatic amines is 1. The number of hydrogen-bond acceptors (Lipinski definition) is 8. The van der Waals surface area contributed by atoms with Crippen LogP contribution in [0.2, 0.25) is 0 Å². The molecule has 0 amide bonds. The fourth-order valence-electron chi connectivity index (χ4n) is 2.00. The van der Waals surface area contributed by atoms with Gasteiger partial charge in [0, 0.05) is 27.5 Å². The minimum absolute atomic E-state index is 0.223. The molecule has 0 radical (unpaired) electrons. The Hall–Kier alpha value is -0.710. The summed E-state index contributed by atoms with van der Waals surface area (Å²) in [7, 11) is -11.4. The zero-order valence-electron chi connectivity index (χ0n) is 11.6. The molecule has 24 heavy (non-hydrogen) atoms. The molecule has 1 aliphatic heterocycles. The Kier molecular flexibility index (Phi) is 5.94. The highest BCUT2D eigenvalue weighted by Gasteiger charge is 2.43. The van der Waals surface area contributed by atoms with Gasteiger partial charge in [0.15, 0.2) is 0 Å². The van der Waals surface area contributed by atoms with Crippen molar-refractivity contribution < 1.29 is 42.3 Å². The fraction of sp³-hybridized carbons (Fsp3) is 0.500. The van der Waals surface area contributed by atoms with Crippen LogP contribution < -0.4 is 11.2 Å². The summed E-state index contributed by atoms with van der Waals surface area (Å²) in [6.07, 6.45) is -1.44. The molecule has 136 valence electrons. The van der Waals surface area contributed by atoms with Crippen LogP contribution in [0.3, 0.4) is 0 Å². The van der Waals surface area contributed by atoms with E-state index in [1.165, 1.54) is 0 Å². The van der Waals surface area contributed by atoms with Crippen molar-refractivity contribution in [3.8, 4) is 0 Å². The number of ether oxygens (including phenoxy) is 1. The van der Waals surface area contributed by atoms with E-state index in [1.807, 2.05) is 4.98 Å². The lowest BCUT2D eigenvalue weighted by atomic mass is 10.3. The van der Waals surface area contributed by atoms with Crippen molar-refractivity contribution in [2.45, 2.75) is 24.6 Å². The van der Waals surface area contributed by atoms with Crippen LogP contribution in [0.15, 0.2) is 21.9 Å². The average molecular weight is 406 g/mol. The minimum Gasteiger partial charge on any atom is -0.374 e. The second kappa shape index (κ2) is 7.27. The van der Waals surface area contributed by atoms with Gasteiger partial charge in [-0.25, -0.2) is 13.9 Å². The van der Waals surface area contributed by atoms with Gasteiger partial charge in [-0.2, -0.15) is 4.31 Å². The number of hydrogen-bond donors (Lipinski definition) is 5. The van der Waals surface area contributed by atoms with E-state index in [4.69, 9.17) is 14.5 Å². The smallest absolute Gasteiger partial charge is 0.374 e. The summed E-state index contributed by atoms with van der Waals surface area (Å²) in [5.41, 5.74) is -1.45. The molecule has 1 fully saturated rings. The topological polar surface area (TPSA) is 198 Å². The highest BCUT2D eigenvalue weighted by Crippen LogP contribution is 2.59. The Balaban J connectivity index is 2.17. The van der Waals surface area contributed by atoms with Crippen molar-refractivity contribution >= 4 is 24.5 Å². The van der Waals surface area contributed by atoms with Crippen molar-refractivity contribution in [1.82, 2.24) is 9.55 Å². The zero-order valence-corrected chi connectivity index (χ0v) is 14.4. The van der Waals surface area contributed by atoms with Gasteiger partial charge in [-0.1, -0.05) is 0 Å². The molecule has 1 aromatic rings. The molecule has 0 aliphatic carbocycles. The quantitative estimate of drug-likeness (QED) is 0.362. The SMILES string of the molecule is O=c1ccn([C@H]2C[C@H](OP(=O)(O)OP(=O)(O)O)[C@@H](PO)O2)c(=O)[nH]1. The molecule has 2 heterocycles.